The molecule has 0 saturated heterocycles. The van der Waals surface area contributed by atoms with Crippen LogP contribution in [-0.4, -0.2) is 28.8 Å². The Morgan fingerprint density at radius 3 is 2.43 bits per heavy atom. The lowest BCUT2D eigenvalue weighted by atomic mass is 10.1. The molecule has 2 aromatic carbocycles. The van der Waals surface area contributed by atoms with Crippen molar-refractivity contribution in [3.05, 3.63) is 83.0 Å². The highest BCUT2D eigenvalue weighted by molar-refractivity contribution is 5.94. The number of halogens is 1. The first kappa shape index (κ1) is 19.3. The lowest BCUT2D eigenvalue weighted by Crippen LogP contribution is -2.26. The minimum atomic E-state index is -0.324. The summed E-state index contributed by atoms with van der Waals surface area (Å²) < 4.78 is 23.7. The summed E-state index contributed by atoms with van der Waals surface area (Å²) >= 11 is 0. The maximum Gasteiger partial charge on any atom is 0.276 e. The molecule has 0 spiro atoms. The highest BCUT2D eigenvalue weighted by Crippen LogP contribution is 2.16. The molecule has 0 fully saturated rings. The van der Waals surface area contributed by atoms with Gasteiger partial charge in [0.25, 0.3) is 5.91 Å². The van der Waals surface area contributed by atoms with E-state index < -0.39 is 0 Å². The zero-order valence-corrected chi connectivity index (χ0v) is 15.5. The van der Waals surface area contributed by atoms with Crippen LogP contribution in [0.5, 0.6) is 5.75 Å². The van der Waals surface area contributed by atoms with E-state index in [2.05, 4.69) is 5.16 Å². The molecule has 0 bridgehead atoms. The molecule has 0 unspecified atom stereocenters. The normalized spacial score (nSPS) is 10.5. The van der Waals surface area contributed by atoms with Gasteiger partial charge in [0.1, 0.15) is 18.2 Å². The van der Waals surface area contributed by atoms with Gasteiger partial charge in [-0.25, -0.2) is 4.39 Å². The number of nitrogens with zero attached hydrogens (tertiary/aromatic N) is 2. The SMILES string of the molecule is CC(=O)c1ccc(OCc2cc(C(=O)N(C)Cc3ccc(F)cc3)no2)cc1. The van der Waals surface area contributed by atoms with Crippen LogP contribution in [0, 0.1) is 5.82 Å². The van der Waals surface area contributed by atoms with Crippen LogP contribution in [0.25, 0.3) is 0 Å². The highest BCUT2D eigenvalue weighted by atomic mass is 19.1. The number of aromatic nitrogens is 1. The van der Waals surface area contributed by atoms with Gasteiger partial charge in [0.2, 0.25) is 0 Å². The van der Waals surface area contributed by atoms with Gasteiger partial charge in [-0.1, -0.05) is 17.3 Å². The molecule has 144 valence electrons. The van der Waals surface area contributed by atoms with Crippen molar-refractivity contribution < 1.29 is 23.2 Å². The summed E-state index contributed by atoms with van der Waals surface area (Å²) in [6, 6.07) is 14.2. The van der Waals surface area contributed by atoms with Gasteiger partial charge in [-0.15, -0.1) is 0 Å². The average Bonchev–Trinajstić information content (AvgIpc) is 3.17. The van der Waals surface area contributed by atoms with Crippen molar-refractivity contribution in [2.45, 2.75) is 20.1 Å². The number of hydrogen-bond donors (Lipinski definition) is 0. The number of Topliss-reactive ketones (excluding diaryl/α,β-unsaturated/α-hetero) is 1. The van der Waals surface area contributed by atoms with E-state index in [1.54, 1.807) is 43.4 Å². The molecule has 0 radical (unpaired) electrons. The van der Waals surface area contributed by atoms with E-state index in [4.69, 9.17) is 9.26 Å². The molecule has 3 aromatic rings. The van der Waals surface area contributed by atoms with Crippen molar-refractivity contribution in [3.8, 4) is 5.75 Å². The Morgan fingerprint density at radius 2 is 1.79 bits per heavy atom. The first-order chi connectivity index (χ1) is 13.4. The number of carbonyl (C=O) groups is 2. The minimum Gasteiger partial charge on any atom is -0.486 e. The highest BCUT2D eigenvalue weighted by Gasteiger charge is 2.17. The van der Waals surface area contributed by atoms with Gasteiger partial charge in [-0.2, -0.15) is 0 Å². The third-order valence-electron chi connectivity index (χ3n) is 4.10. The number of rotatable bonds is 7. The second-order valence-electron chi connectivity index (χ2n) is 6.34. The lowest BCUT2D eigenvalue weighted by Gasteiger charge is -2.15. The number of ketones is 1. The van der Waals surface area contributed by atoms with Crippen LogP contribution in [0.3, 0.4) is 0 Å². The second-order valence-corrected chi connectivity index (χ2v) is 6.34. The number of amides is 1. The number of hydrogen-bond acceptors (Lipinski definition) is 5. The molecule has 1 amide bonds. The molecule has 0 N–H and O–H groups in total. The van der Waals surface area contributed by atoms with E-state index in [-0.39, 0.29) is 29.8 Å². The fourth-order valence-electron chi connectivity index (χ4n) is 2.55. The first-order valence-electron chi connectivity index (χ1n) is 8.61. The van der Waals surface area contributed by atoms with Crippen LogP contribution < -0.4 is 4.74 Å². The summed E-state index contributed by atoms with van der Waals surface area (Å²) in [7, 11) is 1.63. The standard InChI is InChI=1S/C21H19FN2O4/c1-14(25)16-5-9-18(10-6-16)27-13-19-11-20(23-28-19)21(26)24(2)12-15-3-7-17(22)8-4-15/h3-11H,12-13H2,1-2H3. The van der Waals surface area contributed by atoms with Crippen molar-refractivity contribution in [2.75, 3.05) is 7.05 Å². The Balaban J connectivity index is 1.57. The number of benzene rings is 2. The van der Waals surface area contributed by atoms with Crippen LogP contribution in [0.1, 0.15) is 39.1 Å². The lowest BCUT2D eigenvalue weighted by molar-refractivity contribution is 0.0774. The average molecular weight is 382 g/mol. The van der Waals surface area contributed by atoms with Gasteiger partial charge in [0.05, 0.1) is 0 Å². The quantitative estimate of drug-likeness (QED) is 0.580. The van der Waals surface area contributed by atoms with E-state index >= 15 is 0 Å². The zero-order valence-electron chi connectivity index (χ0n) is 15.5. The van der Waals surface area contributed by atoms with Crippen LogP contribution in [-0.2, 0) is 13.2 Å². The minimum absolute atomic E-state index is 0.0188. The van der Waals surface area contributed by atoms with Gasteiger partial charge in [0.15, 0.2) is 17.2 Å². The van der Waals surface area contributed by atoms with Gasteiger partial charge in [-0.05, 0) is 48.9 Å². The first-order valence-corrected chi connectivity index (χ1v) is 8.61. The Hall–Kier alpha value is -3.48. The van der Waals surface area contributed by atoms with Crippen LogP contribution in [0.15, 0.2) is 59.1 Å². The third kappa shape index (κ3) is 4.82. The Bertz CT molecular complexity index is 965. The second kappa shape index (κ2) is 8.47. The van der Waals surface area contributed by atoms with Gasteiger partial charge in [-0.3, -0.25) is 9.59 Å². The molecule has 0 aliphatic carbocycles. The van der Waals surface area contributed by atoms with E-state index in [9.17, 15) is 14.0 Å². The Morgan fingerprint density at radius 1 is 1.11 bits per heavy atom. The smallest absolute Gasteiger partial charge is 0.276 e. The van der Waals surface area contributed by atoms with E-state index in [0.29, 0.717) is 23.6 Å². The van der Waals surface area contributed by atoms with Crippen molar-refractivity contribution in [3.63, 3.8) is 0 Å². The zero-order chi connectivity index (χ0) is 20.1. The number of carbonyl (C=O) groups excluding carboxylic acids is 2. The third-order valence-corrected chi connectivity index (χ3v) is 4.10. The molecular weight excluding hydrogens is 363 g/mol. The largest absolute Gasteiger partial charge is 0.486 e. The number of ether oxygens (including phenoxy) is 1. The van der Waals surface area contributed by atoms with Crippen LogP contribution in [0.2, 0.25) is 0 Å². The molecule has 3 rings (SSSR count). The van der Waals surface area contributed by atoms with Crippen molar-refractivity contribution >= 4 is 11.7 Å². The summed E-state index contributed by atoms with van der Waals surface area (Å²) in [4.78, 5) is 25.2. The summed E-state index contributed by atoms with van der Waals surface area (Å²) in [6.45, 7) is 1.91. The topological polar surface area (TPSA) is 72.6 Å². The fraction of sp³-hybridized carbons (Fsp3) is 0.190. The van der Waals surface area contributed by atoms with Crippen molar-refractivity contribution in [1.29, 1.82) is 0 Å². The summed E-state index contributed by atoms with van der Waals surface area (Å²) in [5, 5.41) is 3.79. The van der Waals surface area contributed by atoms with Crippen molar-refractivity contribution in [2.24, 2.45) is 0 Å². The molecule has 0 saturated carbocycles. The summed E-state index contributed by atoms with van der Waals surface area (Å²) in [5.74, 6) is 0.312. The molecule has 6 nitrogen and oxygen atoms in total. The van der Waals surface area contributed by atoms with Gasteiger partial charge >= 0.3 is 0 Å². The van der Waals surface area contributed by atoms with Crippen molar-refractivity contribution in [1.82, 2.24) is 10.1 Å². The molecule has 1 aromatic heterocycles. The molecular formula is C21H19FN2O4. The van der Waals surface area contributed by atoms with E-state index in [0.717, 1.165) is 5.56 Å². The molecule has 28 heavy (non-hydrogen) atoms. The Kier molecular flexibility index (Phi) is 5.84. The van der Waals surface area contributed by atoms with E-state index in [1.807, 2.05) is 0 Å². The predicted octanol–water partition coefficient (Wildman–Crippen LogP) is 3.87. The molecule has 0 aliphatic rings. The molecule has 0 aliphatic heterocycles. The van der Waals surface area contributed by atoms with E-state index in [1.165, 1.54) is 30.0 Å². The maximum atomic E-state index is 13.0. The molecule has 1 heterocycles. The van der Waals surface area contributed by atoms with Crippen LogP contribution in [0.4, 0.5) is 4.39 Å². The summed E-state index contributed by atoms with van der Waals surface area (Å²) in [6.07, 6.45) is 0. The maximum absolute atomic E-state index is 13.0. The summed E-state index contributed by atoms with van der Waals surface area (Å²) in [5.41, 5.74) is 1.57. The monoisotopic (exact) mass is 382 g/mol. The van der Waals surface area contributed by atoms with Gasteiger partial charge < -0.3 is 14.2 Å². The Labute approximate surface area is 161 Å². The van der Waals surface area contributed by atoms with Gasteiger partial charge in [0, 0.05) is 25.2 Å². The fourth-order valence-corrected chi connectivity index (χ4v) is 2.55. The molecule has 7 heteroatoms. The molecule has 0 atom stereocenters. The van der Waals surface area contributed by atoms with Crippen LogP contribution >= 0.6 is 0 Å². The predicted molar refractivity (Wildman–Crippen MR) is 99.5 cm³/mol.